The van der Waals surface area contributed by atoms with Crippen molar-refractivity contribution in [2.75, 3.05) is 0 Å². The monoisotopic (exact) mass is 264 g/mol. The van der Waals surface area contributed by atoms with Crippen molar-refractivity contribution in [3.05, 3.63) is 56.3 Å². The van der Waals surface area contributed by atoms with Crippen molar-refractivity contribution in [3.8, 4) is 0 Å². The summed E-state index contributed by atoms with van der Waals surface area (Å²) in [5.74, 6) is 0. The standard InChI is InChI=1S/C13H12S3/c1-13(11-5-3-8-15-11)6-9-16-12(13)10-4-2-7-14-10/h2-9,12H,1H3/t12-,13+/m0/s1. The van der Waals surface area contributed by atoms with E-state index in [2.05, 4.69) is 53.4 Å². The van der Waals surface area contributed by atoms with Gasteiger partial charge in [-0.1, -0.05) is 18.2 Å². The molecule has 3 heteroatoms. The van der Waals surface area contributed by atoms with E-state index in [-0.39, 0.29) is 5.41 Å². The highest BCUT2D eigenvalue weighted by molar-refractivity contribution is 8.02. The molecule has 16 heavy (non-hydrogen) atoms. The molecule has 0 aliphatic carbocycles. The normalized spacial score (nSPS) is 28.7. The minimum Gasteiger partial charge on any atom is -0.148 e. The number of thiophene rings is 2. The van der Waals surface area contributed by atoms with Gasteiger partial charge in [-0.2, -0.15) is 0 Å². The van der Waals surface area contributed by atoms with Crippen LogP contribution in [0.25, 0.3) is 0 Å². The second-order valence-corrected chi connectivity index (χ2v) is 7.04. The Labute approximate surface area is 108 Å². The minimum atomic E-state index is 0.170. The maximum Gasteiger partial charge on any atom is 0.0569 e. The van der Waals surface area contributed by atoms with E-state index < -0.39 is 0 Å². The van der Waals surface area contributed by atoms with Gasteiger partial charge in [0.15, 0.2) is 0 Å². The lowest BCUT2D eigenvalue weighted by Crippen LogP contribution is -2.21. The van der Waals surface area contributed by atoms with Crippen molar-refractivity contribution in [2.24, 2.45) is 0 Å². The van der Waals surface area contributed by atoms with Gasteiger partial charge in [0.1, 0.15) is 0 Å². The molecule has 0 N–H and O–H groups in total. The van der Waals surface area contributed by atoms with Gasteiger partial charge in [-0.3, -0.25) is 0 Å². The molecule has 1 aliphatic heterocycles. The molecule has 0 saturated carbocycles. The number of hydrogen-bond donors (Lipinski definition) is 0. The molecule has 0 saturated heterocycles. The van der Waals surface area contributed by atoms with Gasteiger partial charge >= 0.3 is 0 Å². The highest BCUT2D eigenvalue weighted by Crippen LogP contribution is 2.54. The average molecular weight is 264 g/mol. The summed E-state index contributed by atoms with van der Waals surface area (Å²) in [6.45, 7) is 2.35. The van der Waals surface area contributed by atoms with Crippen LogP contribution in [0.4, 0.5) is 0 Å². The zero-order valence-corrected chi connectivity index (χ0v) is 11.4. The molecule has 0 radical (unpaired) electrons. The SMILES string of the molecule is C[C@]1(c2cccs2)C=CS[C@H]1c1cccs1. The number of allylic oxidation sites excluding steroid dienone is 1. The summed E-state index contributed by atoms with van der Waals surface area (Å²) in [6.07, 6.45) is 2.36. The van der Waals surface area contributed by atoms with Gasteiger partial charge in [-0.25, -0.2) is 0 Å². The fourth-order valence-corrected chi connectivity index (χ4v) is 5.46. The van der Waals surface area contributed by atoms with E-state index in [0.29, 0.717) is 5.25 Å². The Kier molecular flexibility index (Phi) is 2.70. The summed E-state index contributed by atoms with van der Waals surface area (Å²) in [5.41, 5.74) is 0.170. The third kappa shape index (κ3) is 1.58. The number of hydrogen-bond acceptors (Lipinski definition) is 3. The first-order valence-electron chi connectivity index (χ1n) is 5.21. The highest BCUT2D eigenvalue weighted by atomic mass is 32.2. The van der Waals surface area contributed by atoms with Crippen molar-refractivity contribution in [1.29, 1.82) is 0 Å². The molecule has 0 amide bonds. The summed E-state index contributed by atoms with van der Waals surface area (Å²) in [6, 6.07) is 8.80. The third-order valence-corrected chi connectivity index (χ3v) is 6.55. The van der Waals surface area contributed by atoms with Crippen LogP contribution in [0, 0.1) is 0 Å². The lowest BCUT2D eigenvalue weighted by Gasteiger charge is -2.28. The molecule has 0 fully saturated rings. The van der Waals surface area contributed by atoms with Crippen LogP contribution in [0.15, 0.2) is 46.5 Å². The van der Waals surface area contributed by atoms with Crippen LogP contribution >= 0.6 is 34.4 Å². The van der Waals surface area contributed by atoms with Crippen LogP contribution in [0.3, 0.4) is 0 Å². The minimum absolute atomic E-state index is 0.170. The molecule has 3 heterocycles. The van der Waals surface area contributed by atoms with Crippen molar-refractivity contribution < 1.29 is 0 Å². The molecule has 2 aromatic heterocycles. The van der Waals surface area contributed by atoms with Gasteiger partial charge in [0, 0.05) is 15.2 Å². The van der Waals surface area contributed by atoms with Crippen LogP contribution < -0.4 is 0 Å². The molecule has 82 valence electrons. The van der Waals surface area contributed by atoms with Gasteiger partial charge in [-0.05, 0) is 35.2 Å². The topological polar surface area (TPSA) is 0 Å². The highest BCUT2D eigenvalue weighted by Gasteiger charge is 2.39. The molecule has 0 aromatic carbocycles. The van der Waals surface area contributed by atoms with Gasteiger partial charge in [0.25, 0.3) is 0 Å². The first kappa shape index (κ1) is 10.6. The fourth-order valence-electron chi connectivity index (χ4n) is 2.09. The van der Waals surface area contributed by atoms with E-state index in [1.165, 1.54) is 9.75 Å². The maximum absolute atomic E-state index is 2.36. The van der Waals surface area contributed by atoms with Crippen molar-refractivity contribution >= 4 is 34.4 Å². The van der Waals surface area contributed by atoms with Crippen LogP contribution in [0.1, 0.15) is 21.9 Å². The van der Waals surface area contributed by atoms with Crippen LogP contribution in [-0.4, -0.2) is 0 Å². The van der Waals surface area contributed by atoms with Gasteiger partial charge in [0.2, 0.25) is 0 Å². The first-order valence-corrected chi connectivity index (χ1v) is 7.91. The Morgan fingerprint density at radius 2 is 1.94 bits per heavy atom. The van der Waals surface area contributed by atoms with Crippen LogP contribution in [0.2, 0.25) is 0 Å². The predicted molar refractivity (Wildman–Crippen MR) is 75.5 cm³/mol. The Morgan fingerprint density at radius 1 is 1.12 bits per heavy atom. The van der Waals surface area contributed by atoms with Crippen molar-refractivity contribution in [3.63, 3.8) is 0 Å². The van der Waals surface area contributed by atoms with E-state index >= 15 is 0 Å². The molecular formula is C13H12S3. The summed E-state index contributed by atoms with van der Waals surface area (Å²) < 4.78 is 0. The second-order valence-electron chi connectivity index (χ2n) is 4.09. The van der Waals surface area contributed by atoms with E-state index in [1.807, 2.05) is 34.4 Å². The van der Waals surface area contributed by atoms with Gasteiger partial charge < -0.3 is 0 Å². The second kappa shape index (κ2) is 4.06. The summed E-state index contributed by atoms with van der Waals surface area (Å²) in [7, 11) is 0. The molecule has 1 aliphatic rings. The predicted octanol–water partition coefficient (Wildman–Crippen LogP) is 5.07. The van der Waals surface area contributed by atoms with Crippen molar-refractivity contribution in [1.82, 2.24) is 0 Å². The lowest BCUT2D eigenvalue weighted by atomic mass is 9.84. The molecule has 0 unspecified atom stereocenters. The summed E-state index contributed by atoms with van der Waals surface area (Å²) >= 11 is 5.67. The van der Waals surface area contributed by atoms with E-state index in [1.54, 1.807) is 0 Å². The average Bonchev–Trinajstić information content (AvgIpc) is 2.99. The van der Waals surface area contributed by atoms with E-state index in [4.69, 9.17) is 0 Å². The Morgan fingerprint density at radius 3 is 2.62 bits per heavy atom. The number of thioether (sulfide) groups is 1. The van der Waals surface area contributed by atoms with Crippen molar-refractivity contribution in [2.45, 2.75) is 17.6 Å². The van der Waals surface area contributed by atoms with Crippen LogP contribution in [0.5, 0.6) is 0 Å². The molecule has 0 spiro atoms. The van der Waals surface area contributed by atoms with Gasteiger partial charge in [-0.15, -0.1) is 34.4 Å². The molecule has 0 bridgehead atoms. The molecular weight excluding hydrogens is 252 g/mol. The largest absolute Gasteiger partial charge is 0.148 e. The zero-order valence-electron chi connectivity index (χ0n) is 8.92. The van der Waals surface area contributed by atoms with E-state index in [0.717, 1.165) is 0 Å². The third-order valence-electron chi connectivity index (χ3n) is 3.03. The summed E-state index contributed by atoms with van der Waals surface area (Å²) in [5, 5.41) is 7.14. The Hall–Kier alpha value is -0.510. The Balaban J connectivity index is 2.03. The molecule has 2 aromatic rings. The molecule has 2 atom stereocenters. The van der Waals surface area contributed by atoms with Gasteiger partial charge in [0.05, 0.1) is 5.25 Å². The lowest BCUT2D eigenvalue weighted by molar-refractivity contribution is 0.607. The maximum atomic E-state index is 2.36. The van der Waals surface area contributed by atoms with Crippen LogP contribution in [-0.2, 0) is 5.41 Å². The fraction of sp³-hybridized carbons (Fsp3) is 0.231. The van der Waals surface area contributed by atoms with E-state index in [9.17, 15) is 0 Å². The summed E-state index contributed by atoms with van der Waals surface area (Å²) in [4.78, 5) is 2.94. The Bertz CT molecular complexity index is 481. The molecule has 0 nitrogen and oxygen atoms in total. The number of rotatable bonds is 2. The smallest absolute Gasteiger partial charge is 0.0569 e. The first-order chi connectivity index (χ1) is 7.81. The quantitative estimate of drug-likeness (QED) is 0.730. The molecule has 3 rings (SSSR count). The zero-order chi connectivity index (χ0) is 11.0.